The van der Waals surface area contributed by atoms with Crippen LogP contribution in [0.15, 0.2) is 41.0 Å². The summed E-state index contributed by atoms with van der Waals surface area (Å²) in [6.45, 7) is -1.98. The van der Waals surface area contributed by atoms with Crippen LogP contribution in [0, 0.1) is 0 Å². The van der Waals surface area contributed by atoms with E-state index in [-0.39, 0.29) is 5.75 Å². The van der Waals surface area contributed by atoms with E-state index >= 15 is 0 Å². The number of benzene rings is 1. The molecule has 0 aliphatic heterocycles. The molecule has 0 saturated carbocycles. The van der Waals surface area contributed by atoms with E-state index in [1.165, 1.54) is 6.07 Å². The molecule has 1 N–H and O–H groups in total. The van der Waals surface area contributed by atoms with E-state index in [1.807, 2.05) is 12.1 Å². The lowest BCUT2D eigenvalue weighted by Gasteiger charge is -2.13. The summed E-state index contributed by atoms with van der Waals surface area (Å²) >= 11 is 3.32. The van der Waals surface area contributed by atoms with Gasteiger partial charge in [-0.15, -0.1) is 0 Å². The van der Waals surface area contributed by atoms with Crippen molar-refractivity contribution in [2.75, 3.05) is 7.11 Å². The average molecular weight is 373 g/mol. The van der Waals surface area contributed by atoms with E-state index in [0.717, 1.165) is 10.0 Å². The molecule has 1 heterocycles. The topological polar surface area (TPSA) is 43.4 Å². The van der Waals surface area contributed by atoms with Crippen LogP contribution in [0.4, 0.5) is 8.78 Å². The molecule has 0 fully saturated rings. The van der Waals surface area contributed by atoms with Gasteiger partial charge in [-0.3, -0.25) is 0 Å². The molecule has 0 bridgehead atoms. The van der Waals surface area contributed by atoms with Gasteiger partial charge in [0.05, 0.1) is 7.11 Å². The highest BCUT2D eigenvalue weighted by atomic mass is 79.9. The van der Waals surface area contributed by atoms with Crippen LogP contribution >= 0.6 is 15.9 Å². The normalized spacial score (nSPS) is 10.8. The molecule has 7 heteroatoms. The molecule has 2 rings (SSSR count). The molecule has 1 aromatic heterocycles. The molecular formula is C15H15BrF2N2O2. The Hall–Kier alpha value is -1.73. The first kappa shape index (κ1) is 16.6. The van der Waals surface area contributed by atoms with Crippen molar-refractivity contribution < 1.29 is 18.3 Å². The maximum absolute atomic E-state index is 12.4. The average Bonchev–Trinajstić information content (AvgIpc) is 2.50. The number of pyridine rings is 1. The second-order valence-electron chi connectivity index (χ2n) is 4.41. The molecule has 4 nitrogen and oxygen atoms in total. The van der Waals surface area contributed by atoms with Gasteiger partial charge in [-0.05, 0) is 24.3 Å². The quantitative estimate of drug-likeness (QED) is 0.803. The van der Waals surface area contributed by atoms with Crippen LogP contribution in [0.1, 0.15) is 11.1 Å². The predicted molar refractivity (Wildman–Crippen MR) is 82.1 cm³/mol. The third-order valence-corrected chi connectivity index (χ3v) is 3.41. The van der Waals surface area contributed by atoms with Gasteiger partial charge in [0.2, 0.25) is 5.88 Å². The summed E-state index contributed by atoms with van der Waals surface area (Å²) in [5, 5.41) is 3.17. The number of halogens is 3. The van der Waals surface area contributed by atoms with Crippen molar-refractivity contribution in [1.29, 1.82) is 0 Å². The number of alkyl halides is 2. The third kappa shape index (κ3) is 4.64. The van der Waals surface area contributed by atoms with Crippen LogP contribution in [-0.4, -0.2) is 18.7 Å². The molecule has 0 aliphatic rings. The molecule has 0 amide bonds. The van der Waals surface area contributed by atoms with Gasteiger partial charge in [-0.25, -0.2) is 4.98 Å². The minimum absolute atomic E-state index is 0.156. The Kier molecular flexibility index (Phi) is 6.09. The molecule has 0 unspecified atom stereocenters. The first-order chi connectivity index (χ1) is 10.6. The van der Waals surface area contributed by atoms with E-state index in [9.17, 15) is 8.78 Å². The van der Waals surface area contributed by atoms with Crippen LogP contribution in [0.2, 0.25) is 0 Å². The molecule has 22 heavy (non-hydrogen) atoms. The van der Waals surface area contributed by atoms with Gasteiger partial charge >= 0.3 is 6.61 Å². The van der Waals surface area contributed by atoms with E-state index in [2.05, 4.69) is 31.0 Å². The summed E-state index contributed by atoms with van der Waals surface area (Å²) in [5.74, 6) is 0.692. The number of hydrogen-bond acceptors (Lipinski definition) is 4. The number of nitrogens with zero attached hydrogens (tertiary/aromatic N) is 1. The lowest BCUT2D eigenvalue weighted by Crippen LogP contribution is -2.15. The summed E-state index contributed by atoms with van der Waals surface area (Å²) in [6, 6.07) is 8.61. The second kappa shape index (κ2) is 8.05. The number of methoxy groups -OCH3 is 1. The summed E-state index contributed by atoms with van der Waals surface area (Å²) in [5.41, 5.74) is 1.52. The summed E-state index contributed by atoms with van der Waals surface area (Å²) < 4.78 is 35.3. The zero-order valence-electron chi connectivity index (χ0n) is 11.9. The Bertz CT molecular complexity index is 626. The molecule has 2 aromatic rings. The van der Waals surface area contributed by atoms with Crippen molar-refractivity contribution in [3.63, 3.8) is 0 Å². The highest BCUT2D eigenvalue weighted by molar-refractivity contribution is 9.10. The monoisotopic (exact) mass is 372 g/mol. The van der Waals surface area contributed by atoms with Gasteiger partial charge < -0.3 is 14.8 Å². The van der Waals surface area contributed by atoms with Crippen LogP contribution < -0.4 is 14.8 Å². The van der Waals surface area contributed by atoms with Crippen molar-refractivity contribution in [2.45, 2.75) is 19.7 Å². The molecule has 0 saturated heterocycles. The fourth-order valence-corrected chi connectivity index (χ4v) is 2.38. The predicted octanol–water partition coefficient (Wildman–Crippen LogP) is 3.74. The third-order valence-electron chi connectivity index (χ3n) is 2.91. The Balaban J connectivity index is 2.03. The van der Waals surface area contributed by atoms with E-state index in [1.54, 1.807) is 25.4 Å². The molecule has 0 spiro atoms. The van der Waals surface area contributed by atoms with Gasteiger partial charge in [0.1, 0.15) is 5.75 Å². The highest BCUT2D eigenvalue weighted by Gasteiger charge is 2.10. The van der Waals surface area contributed by atoms with Crippen molar-refractivity contribution >= 4 is 15.9 Å². The largest absolute Gasteiger partial charge is 0.481 e. The number of ether oxygens (including phenoxy) is 2. The summed E-state index contributed by atoms with van der Waals surface area (Å²) in [4.78, 5) is 4.10. The second-order valence-corrected chi connectivity index (χ2v) is 5.32. The molecule has 0 radical (unpaired) electrons. The smallest absolute Gasteiger partial charge is 0.387 e. The fourth-order valence-electron chi connectivity index (χ4n) is 1.97. The van der Waals surface area contributed by atoms with Crippen molar-refractivity contribution in [3.05, 3.63) is 52.1 Å². The lowest BCUT2D eigenvalue weighted by molar-refractivity contribution is -0.0505. The minimum atomic E-state index is -2.85. The standard InChI is InChI=1S/C15H15BrF2N2O2/c1-21-14-10(3-2-6-20-14)8-19-9-11-7-12(16)4-5-13(11)22-15(17)18/h2-7,15,19H,8-9H2,1H3. The van der Waals surface area contributed by atoms with Gasteiger partial charge in [0.15, 0.2) is 0 Å². The van der Waals surface area contributed by atoms with Crippen molar-refractivity contribution in [1.82, 2.24) is 10.3 Å². The van der Waals surface area contributed by atoms with Gasteiger partial charge in [0.25, 0.3) is 0 Å². The maximum atomic E-state index is 12.4. The first-order valence-electron chi connectivity index (χ1n) is 6.52. The first-order valence-corrected chi connectivity index (χ1v) is 7.31. The van der Waals surface area contributed by atoms with Gasteiger partial charge in [0, 0.05) is 34.9 Å². The number of hydrogen-bond donors (Lipinski definition) is 1. The van der Waals surface area contributed by atoms with E-state index < -0.39 is 6.61 Å². The van der Waals surface area contributed by atoms with Crippen LogP contribution in [0.25, 0.3) is 0 Å². The van der Waals surface area contributed by atoms with E-state index in [0.29, 0.717) is 24.5 Å². The Morgan fingerprint density at radius 3 is 2.73 bits per heavy atom. The Labute approximate surface area is 135 Å². The van der Waals surface area contributed by atoms with Crippen LogP contribution in [-0.2, 0) is 13.1 Å². The van der Waals surface area contributed by atoms with Crippen LogP contribution in [0.5, 0.6) is 11.6 Å². The molecule has 0 atom stereocenters. The van der Waals surface area contributed by atoms with Gasteiger partial charge in [-0.1, -0.05) is 22.0 Å². The molecule has 118 valence electrons. The van der Waals surface area contributed by atoms with Crippen LogP contribution in [0.3, 0.4) is 0 Å². The maximum Gasteiger partial charge on any atom is 0.387 e. The molecule has 0 aliphatic carbocycles. The van der Waals surface area contributed by atoms with Crippen molar-refractivity contribution in [2.24, 2.45) is 0 Å². The highest BCUT2D eigenvalue weighted by Crippen LogP contribution is 2.25. The number of aromatic nitrogens is 1. The Morgan fingerprint density at radius 2 is 2.00 bits per heavy atom. The summed E-state index contributed by atoms with van der Waals surface area (Å²) in [6.07, 6.45) is 1.64. The lowest BCUT2D eigenvalue weighted by atomic mass is 10.2. The SMILES string of the molecule is COc1ncccc1CNCc1cc(Br)ccc1OC(F)F. The van der Waals surface area contributed by atoms with Crippen molar-refractivity contribution in [3.8, 4) is 11.6 Å². The molecule has 1 aromatic carbocycles. The molecular weight excluding hydrogens is 358 g/mol. The number of rotatable bonds is 7. The summed E-state index contributed by atoms with van der Waals surface area (Å²) in [7, 11) is 1.55. The van der Waals surface area contributed by atoms with Gasteiger partial charge in [-0.2, -0.15) is 8.78 Å². The fraction of sp³-hybridized carbons (Fsp3) is 0.267. The zero-order valence-corrected chi connectivity index (χ0v) is 13.4. The zero-order chi connectivity index (χ0) is 15.9. The minimum Gasteiger partial charge on any atom is -0.481 e. The number of nitrogens with one attached hydrogen (secondary N) is 1. The van der Waals surface area contributed by atoms with E-state index in [4.69, 9.17) is 4.74 Å². The Morgan fingerprint density at radius 1 is 1.23 bits per heavy atom.